The second-order valence-corrected chi connectivity index (χ2v) is 10.8. The number of amides is 2. The lowest BCUT2D eigenvalue weighted by Gasteiger charge is -2.33. The van der Waals surface area contributed by atoms with Crippen molar-refractivity contribution in [2.45, 2.75) is 39.3 Å². The predicted octanol–water partition coefficient (Wildman–Crippen LogP) is 3.79. The number of aryl methyl sites for hydroxylation is 1. The number of hydrogen-bond acceptors (Lipinski definition) is 4. The Morgan fingerprint density at radius 1 is 0.838 bits per heavy atom. The van der Waals surface area contributed by atoms with E-state index in [1.54, 1.807) is 12.1 Å². The van der Waals surface area contributed by atoms with Crippen LogP contribution in [0.25, 0.3) is 0 Å². The molecule has 0 aliphatic rings. The summed E-state index contributed by atoms with van der Waals surface area (Å²) in [6.45, 7) is 3.94. The lowest BCUT2D eigenvalue weighted by Crippen LogP contribution is -2.53. The average molecular weight is 522 g/mol. The van der Waals surface area contributed by atoms with Crippen LogP contribution in [-0.4, -0.2) is 50.5 Å². The molecule has 0 heterocycles. The van der Waals surface area contributed by atoms with Crippen molar-refractivity contribution in [1.29, 1.82) is 0 Å². The number of benzene rings is 3. The summed E-state index contributed by atoms with van der Waals surface area (Å²) in [4.78, 5) is 28.8. The van der Waals surface area contributed by atoms with Gasteiger partial charge in [0.05, 0.1) is 11.9 Å². The molecule has 0 aliphatic carbocycles. The van der Waals surface area contributed by atoms with Gasteiger partial charge in [-0.1, -0.05) is 85.8 Å². The van der Waals surface area contributed by atoms with Gasteiger partial charge in [0.1, 0.15) is 12.6 Å². The van der Waals surface area contributed by atoms with Gasteiger partial charge in [-0.2, -0.15) is 0 Å². The number of rotatable bonds is 12. The molecular formula is C29H35N3O4S. The van der Waals surface area contributed by atoms with E-state index in [1.807, 2.05) is 86.6 Å². The van der Waals surface area contributed by atoms with Crippen LogP contribution >= 0.6 is 0 Å². The average Bonchev–Trinajstić information content (AvgIpc) is 2.89. The van der Waals surface area contributed by atoms with E-state index < -0.39 is 28.5 Å². The van der Waals surface area contributed by atoms with Gasteiger partial charge in [0.2, 0.25) is 21.8 Å². The number of nitrogens with one attached hydrogen (secondary N) is 1. The molecule has 0 bridgehead atoms. The molecule has 8 heteroatoms. The van der Waals surface area contributed by atoms with Crippen LogP contribution in [-0.2, 0) is 39.0 Å². The highest BCUT2D eigenvalue weighted by molar-refractivity contribution is 7.92. The van der Waals surface area contributed by atoms with Gasteiger partial charge in [0.25, 0.3) is 0 Å². The third-order valence-corrected chi connectivity index (χ3v) is 7.26. The molecule has 3 aromatic carbocycles. The maximum absolute atomic E-state index is 14.0. The van der Waals surface area contributed by atoms with E-state index in [0.717, 1.165) is 27.3 Å². The molecule has 3 aromatic rings. The smallest absolute Gasteiger partial charge is 0.244 e. The molecule has 1 atom stereocenters. The first-order valence-electron chi connectivity index (χ1n) is 12.4. The molecule has 37 heavy (non-hydrogen) atoms. The normalized spacial score (nSPS) is 12.0. The molecule has 1 unspecified atom stereocenters. The maximum atomic E-state index is 14.0. The molecule has 0 radical (unpaired) electrons. The van der Waals surface area contributed by atoms with Gasteiger partial charge in [-0.25, -0.2) is 8.42 Å². The van der Waals surface area contributed by atoms with Crippen LogP contribution in [0, 0.1) is 0 Å². The van der Waals surface area contributed by atoms with E-state index in [-0.39, 0.29) is 12.5 Å². The number of anilines is 1. The van der Waals surface area contributed by atoms with Gasteiger partial charge in [0, 0.05) is 19.5 Å². The van der Waals surface area contributed by atoms with Gasteiger partial charge in [-0.05, 0) is 36.1 Å². The monoisotopic (exact) mass is 521 g/mol. The Balaban J connectivity index is 2.04. The summed E-state index contributed by atoms with van der Waals surface area (Å²) < 4.78 is 26.9. The largest absolute Gasteiger partial charge is 0.355 e. The van der Waals surface area contributed by atoms with Gasteiger partial charge >= 0.3 is 0 Å². The quantitative estimate of drug-likeness (QED) is 0.393. The fraction of sp³-hybridized carbons (Fsp3) is 0.310. The summed E-state index contributed by atoms with van der Waals surface area (Å²) in [5.41, 5.74) is 3.04. The van der Waals surface area contributed by atoms with Gasteiger partial charge in [0.15, 0.2) is 0 Å². The van der Waals surface area contributed by atoms with E-state index >= 15 is 0 Å². The van der Waals surface area contributed by atoms with Crippen LogP contribution in [0.4, 0.5) is 5.69 Å². The minimum absolute atomic E-state index is 0.168. The lowest BCUT2D eigenvalue weighted by atomic mass is 10.0. The fourth-order valence-corrected chi connectivity index (χ4v) is 5.15. The van der Waals surface area contributed by atoms with Crippen LogP contribution in [0.2, 0.25) is 0 Å². The minimum Gasteiger partial charge on any atom is -0.355 e. The third-order valence-electron chi connectivity index (χ3n) is 6.14. The summed E-state index contributed by atoms with van der Waals surface area (Å²) in [6, 6.07) is 25.2. The second-order valence-electron chi connectivity index (χ2n) is 8.86. The van der Waals surface area contributed by atoms with Crippen LogP contribution in [0.1, 0.15) is 30.5 Å². The molecule has 7 nitrogen and oxygen atoms in total. The number of likely N-dealkylation sites (N-methyl/N-ethyl adjacent to an activating group) is 1. The van der Waals surface area contributed by atoms with Crippen LogP contribution in [0.3, 0.4) is 0 Å². The zero-order valence-electron chi connectivity index (χ0n) is 21.6. The minimum atomic E-state index is -3.78. The number of carbonyl (C=O) groups is 2. The molecule has 0 saturated carbocycles. The molecule has 3 rings (SSSR count). The van der Waals surface area contributed by atoms with Gasteiger partial charge in [-0.3, -0.25) is 13.9 Å². The molecule has 1 N–H and O–H groups in total. The number of carbonyl (C=O) groups excluding carboxylic acids is 2. The predicted molar refractivity (Wildman–Crippen MR) is 148 cm³/mol. The van der Waals surface area contributed by atoms with E-state index in [2.05, 4.69) is 5.32 Å². The highest BCUT2D eigenvalue weighted by Gasteiger charge is 2.33. The van der Waals surface area contributed by atoms with Crippen LogP contribution < -0.4 is 9.62 Å². The molecule has 0 fully saturated rings. The number of para-hydroxylation sites is 1. The molecule has 0 aromatic heterocycles. The Labute approximate surface area is 220 Å². The van der Waals surface area contributed by atoms with Crippen LogP contribution in [0.15, 0.2) is 84.9 Å². The lowest BCUT2D eigenvalue weighted by molar-refractivity contribution is -0.140. The molecule has 0 saturated heterocycles. The van der Waals surface area contributed by atoms with E-state index in [0.29, 0.717) is 25.1 Å². The fourth-order valence-electron chi connectivity index (χ4n) is 4.27. The molecule has 196 valence electrons. The van der Waals surface area contributed by atoms with Crippen molar-refractivity contribution in [3.05, 3.63) is 102 Å². The summed E-state index contributed by atoms with van der Waals surface area (Å²) in [5, 5.41) is 2.86. The van der Waals surface area contributed by atoms with Crippen molar-refractivity contribution in [3.8, 4) is 0 Å². The van der Waals surface area contributed by atoms with E-state index in [4.69, 9.17) is 0 Å². The van der Waals surface area contributed by atoms with Crippen molar-refractivity contribution >= 4 is 27.5 Å². The van der Waals surface area contributed by atoms with Crippen LogP contribution in [0.5, 0.6) is 0 Å². The Hall–Kier alpha value is -3.65. The van der Waals surface area contributed by atoms with Crippen molar-refractivity contribution < 1.29 is 18.0 Å². The number of sulfonamides is 1. The second kappa shape index (κ2) is 13.1. The van der Waals surface area contributed by atoms with Crippen molar-refractivity contribution in [2.75, 3.05) is 23.7 Å². The summed E-state index contributed by atoms with van der Waals surface area (Å²) in [6.07, 6.45) is 2.01. The molecule has 0 spiro atoms. The highest BCUT2D eigenvalue weighted by atomic mass is 32.2. The van der Waals surface area contributed by atoms with Crippen molar-refractivity contribution in [3.63, 3.8) is 0 Å². The Kier molecular flexibility index (Phi) is 9.85. The molecule has 0 aliphatic heterocycles. The Bertz CT molecular complexity index is 1280. The Morgan fingerprint density at radius 2 is 1.41 bits per heavy atom. The summed E-state index contributed by atoms with van der Waals surface area (Å²) >= 11 is 0. The first-order valence-corrected chi connectivity index (χ1v) is 14.3. The topological polar surface area (TPSA) is 86.8 Å². The Morgan fingerprint density at radius 3 is 1.97 bits per heavy atom. The van der Waals surface area contributed by atoms with Crippen molar-refractivity contribution in [2.24, 2.45) is 0 Å². The SMILES string of the molecule is CCNC(=O)C(Cc1ccccc1)N(Cc1ccccc1)C(=O)CN(c1ccccc1CC)S(C)(=O)=O. The number of nitrogens with zero attached hydrogens (tertiary/aromatic N) is 2. The van der Waals surface area contributed by atoms with Gasteiger partial charge < -0.3 is 10.2 Å². The number of hydrogen-bond donors (Lipinski definition) is 1. The van der Waals surface area contributed by atoms with E-state index in [9.17, 15) is 18.0 Å². The zero-order valence-corrected chi connectivity index (χ0v) is 22.4. The first-order chi connectivity index (χ1) is 17.7. The standard InChI is InChI=1S/C29H35N3O4S/c1-4-25-18-12-13-19-26(25)32(37(3,35)36)22-28(33)31(21-24-16-10-7-11-17-24)27(29(34)30-5-2)20-23-14-8-6-9-15-23/h6-19,27H,4-5,20-22H2,1-3H3,(H,30,34). The highest BCUT2D eigenvalue weighted by Crippen LogP contribution is 2.24. The third kappa shape index (κ3) is 7.67. The first kappa shape index (κ1) is 27.9. The molecule has 2 amide bonds. The van der Waals surface area contributed by atoms with Gasteiger partial charge in [-0.15, -0.1) is 0 Å². The van der Waals surface area contributed by atoms with E-state index in [1.165, 1.54) is 4.90 Å². The zero-order chi connectivity index (χ0) is 26.8. The van der Waals surface area contributed by atoms with Crippen molar-refractivity contribution in [1.82, 2.24) is 10.2 Å². The summed E-state index contributed by atoms with van der Waals surface area (Å²) in [5.74, 6) is -0.733. The maximum Gasteiger partial charge on any atom is 0.244 e. The summed E-state index contributed by atoms with van der Waals surface area (Å²) in [7, 11) is -3.78. The molecular weight excluding hydrogens is 486 g/mol.